The number of ether oxygens (including phenoxy) is 1. The van der Waals surface area contributed by atoms with Gasteiger partial charge in [-0.1, -0.05) is 26.0 Å². The van der Waals surface area contributed by atoms with Crippen molar-refractivity contribution in [3.05, 3.63) is 29.8 Å². The van der Waals surface area contributed by atoms with Crippen molar-refractivity contribution in [3.8, 4) is 5.75 Å². The molecule has 2 aliphatic rings. The smallest absolute Gasteiger partial charge is 0.124 e. The maximum atomic E-state index is 6.17. The number of benzene rings is 1. The Morgan fingerprint density at radius 2 is 1.74 bits per heavy atom. The molecule has 0 bridgehead atoms. The second-order valence-corrected chi connectivity index (χ2v) is 7.78. The zero-order valence-electron chi connectivity index (χ0n) is 15.2. The third-order valence-corrected chi connectivity index (χ3v) is 5.45. The van der Waals surface area contributed by atoms with Crippen LogP contribution in [0.4, 0.5) is 0 Å². The molecule has 1 aromatic carbocycles. The zero-order chi connectivity index (χ0) is 16.4. The van der Waals surface area contributed by atoms with E-state index < -0.39 is 0 Å². The minimum Gasteiger partial charge on any atom is -0.488 e. The summed E-state index contributed by atoms with van der Waals surface area (Å²) in [4.78, 5) is 5.22. The summed E-state index contributed by atoms with van der Waals surface area (Å²) in [6.07, 6.45) is 3.00. The molecule has 3 nitrogen and oxygen atoms in total. The Bertz CT molecular complexity index is 500. The number of piperidine rings is 1. The average molecular weight is 316 g/mol. The summed E-state index contributed by atoms with van der Waals surface area (Å²) in [5.74, 6) is 1.60. The molecule has 0 radical (unpaired) electrons. The Morgan fingerprint density at radius 3 is 2.35 bits per heavy atom. The normalized spacial score (nSPS) is 21.8. The molecule has 0 aliphatic carbocycles. The molecular weight excluding hydrogens is 284 g/mol. The lowest BCUT2D eigenvalue weighted by atomic mass is 9.97. The molecule has 3 heteroatoms. The lowest BCUT2D eigenvalue weighted by Gasteiger charge is -2.47. The fraction of sp³-hybridized carbons (Fsp3) is 0.700. The highest BCUT2D eigenvalue weighted by molar-refractivity contribution is 5.30. The maximum Gasteiger partial charge on any atom is 0.124 e. The highest BCUT2D eigenvalue weighted by Gasteiger charge is 2.35. The molecule has 23 heavy (non-hydrogen) atoms. The first-order valence-electron chi connectivity index (χ1n) is 9.27. The van der Waals surface area contributed by atoms with E-state index in [4.69, 9.17) is 4.74 Å². The first kappa shape index (κ1) is 16.8. The second kappa shape index (κ2) is 7.23. The highest BCUT2D eigenvalue weighted by Crippen LogP contribution is 2.27. The summed E-state index contributed by atoms with van der Waals surface area (Å²) < 4.78 is 6.17. The summed E-state index contributed by atoms with van der Waals surface area (Å²) in [5.41, 5.74) is 1.36. The Balaban J connectivity index is 1.44. The fourth-order valence-electron chi connectivity index (χ4n) is 3.75. The summed E-state index contributed by atoms with van der Waals surface area (Å²) in [6, 6.07) is 10.1. The summed E-state index contributed by atoms with van der Waals surface area (Å²) in [6.45, 7) is 13.8. The maximum absolute atomic E-state index is 6.17. The van der Waals surface area contributed by atoms with Crippen LogP contribution >= 0.6 is 0 Å². The van der Waals surface area contributed by atoms with Gasteiger partial charge >= 0.3 is 0 Å². The minimum absolute atomic E-state index is 0.376. The molecule has 2 heterocycles. The standard InChI is InChI=1S/C20H32N2O/c1-15(2)17-6-5-7-19(12-17)23-20-13-22(14-20)18-8-10-21(11-9-18)16(3)4/h5-7,12,15-16,18,20H,8-11,13-14H2,1-4H3. The van der Waals surface area contributed by atoms with Crippen molar-refractivity contribution in [1.82, 2.24) is 9.80 Å². The number of likely N-dealkylation sites (tertiary alicyclic amines) is 2. The van der Waals surface area contributed by atoms with Crippen LogP contribution in [0, 0.1) is 0 Å². The van der Waals surface area contributed by atoms with Gasteiger partial charge in [0.2, 0.25) is 0 Å². The van der Waals surface area contributed by atoms with Crippen molar-refractivity contribution in [3.63, 3.8) is 0 Å². The molecule has 2 aliphatic heterocycles. The number of nitrogens with zero attached hydrogens (tertiary/aromatic N) is 2. The molecule has 3 rings (SSSR count). The Morgan fingerprint density at radius 1 is 1.04 bits per heavy atom. The van der Waals surface area contributed by atoms with E-state index in [0.29, 0.717) is 18.1 Å². The van der Waals surface area contributed by atoms with Crippen molar-refractivity contribution in [2.75, 3.05) is 26.2 Å². The minimum atomic E-state index is 0.376. The van der Waals surface area contributed by atoms with Crippen LogP contribution in [0.2, 0.25) is 0 Å². The van der Waals surface area contributed by atoms with Gasteiger partial charge in [0.1, 0.15) is 11.9 Å². The molecule has 0 unspecified atom stereocenters. The Hall–Kier alpha value is -1.06. The summed E-state index contributed by atoms with van der Waals surface area (Å²) in [5, 5.41) is 0. The molecule has 0 atom stereocenters. The second-order valence-electron chi connectivity index (χ2n) is 7.78. The molecular formula is C20H32N2O. The lowest BCUT2D eigenvalue weighted by molar-refractivity contribution is -0.0289. The first-order valence-corrected chi connectivity index (χ1v) is 9.27. The van der Waals surface area contributed by atoms with E-state index >= 15 is 0 Å². The van der Waals surface area contributed by atoms with Gasteiger partial charge < -0.3 is 9.64 Å². The third-order valence-electron chi connectivity index (χ3n) is 5.45. The molecule has 2 fully saturated rings. The molecule has 0 amide bonds. The van der Waals surface area contributed by atoms with Crippen LogP contribution in [0.1, 0.15) is 52.0 Å². The molecule has 1 aromatic rings. The fourth-order valence-corrected chi connectivity index (χ4v) is 3.75. The van der Waals surface area contributed by atoms with Crippen LogP contribution in [-0.4, -0.2) is 54.2 Å². The van der Waals surface area contributed by atoms with Crippen LogP contribution < -0.4 is 4.74 Å². The van der Waals surface area contributed by atoms with Gasteiger partial charge in [-0.25, -0.2) is 0 Å². The highest BCUT2D eigenvalue weighted by atomic mass is 16.5. The predicted molar refractivity (Wildman–Crippen MR) is 96.3 cm³/mol. The van der Waals surface area contributed by atoms with Crippen molar-refractivity contribution in [2.24, 2.45) is 0 Å². The van der Waals surface area contributed by atoms with E-state index in [1.54, 1.807) is 0 Å². The van der Waals surface area contributed by atoms with Crippen LogP contribution in [0.3, 0.4) is 0 Å². The predicted octanol–water partition coefficient (Wildman–Crippen LogP) is 3.75. The van der Waals surface area contributed by atoms with Gasteiger partial charge in [-0.15, -0.1) is 0 Å². The first-order chi connectivity index (χ1) is 11.0. The van der Waals surface area contributed by atoms with E-state index in [1.165, 1.54) is 31.5 Å². The largest absolute Gasteiger partial charge is 0.488 e. The van der Waals surface area contributed by atoms with Crippen molar-refractivity contribution < 1.29 is 4.74 Å². The van der Waals surface area contributed by atoms with Gasteiger partial charge in [0, 0.05) is 25.2 Å². The van der Waals surface area contributed by atoms with Gasteiger partial charge in [0.25, 0.3) is 0 Å². The molecule has 0 spiro atoms. The van der Waals surface area contributed by atoms with Gasteiger partial charge in [0.05, 0.1) is 0 Å². The van der Waals surface area contributed by atoms with Gasteiger partial charge in [0.15, 0.2) is 0 Å². The number of rotatable bonds is 5. The van der Waals surface area contributed by atoms with Crippen LogP contribution in [0.5, 0.6) is 5.75 Å². The quantitative estimate of drug-likeness (QED) is 0.823. The van der Waals surface area contributed by atoms with Crippen molar-refractivity contribution in [2.45, 2.75) is 64.6 Å². The lowest BCUT2D eigenvalue weighted by Crippen LogP contribution is -2.60. The molecule has 0 saturated carbocycles. The van der Waals surface area contributed by atoms with E-state index in [1.807, 2.05) is 0 Å². The van der Waals surface area contributed by atoms with E-state index in [-0.39, 0.29) is 0 Å². The Labute approximate surface area is 141 Å². The van der Waals surface area contributed by atoms with Gasteiger partial charge in [-0.3, -0.25) is 4.90 Å². The third kappa shape index (κ3) is 4.07. The SMILES string of the molecule is CC(C)c1cccc(OC2CN(C3CCN(C(C)C)CC3)C2)c1. The number of hydrogen-bond acceptors (Lipinski definition) is 3. The monoisotopic (exact) mass is 316 g/mol. The Kier molecular flexibility index (Phi) is 5.27. The van der Waals surface area contributed by atoms with Gasteiger partial charge in [-0.2, -0.15) is 0 Å². The zero-order valence-corrected chi connectivity index (χ0v) is 15.2. The number of hydrogen-bond donors (Lipinski definition) is 0. The van der Waals surface area contributed by atoms with Crippen LogP contribution in [0.15, 0.2) is 24.3 Å². The summed E-state index contributed by atoms with van der Waals surface area (Å²) >= 11 is 0. The molecule has 128 valence electrons. The van der Waals surface area contributed by atoms with E-state index in [2.05, 4.69) is 61.8 Å². The molecule has 0 aromatic heterocycles. The molecule has 2 saturated heterocycles. The van der Waals surface area contributed by atoms with Crippen molar-refractivity contribution in [1.29, 1.82) is 0 Å². The van der Waals surface area contributed by atoms with E-state index in [0.717, 1.165) is 24.9 Å². The van der Waals surface area contributed by atoms with Crippen LogP contribution in [0.25, 0.3) is 0 Å². The molecule has 0 N–H and O–H groups in total. The van der Waals surface area contributed by atoms with Crippen molar-refractivity contribution >= 4 is 0 Å². The van der Waals surface area contributed by atoms with Crippen LogP contribution in [-0.2, 0) is 0 Å². The van der Waals surface area contributed by atoms with E-state index in [9.17, 15) is 0 Å². The summed E-state index contributed by atoms with van der Waals surface area (Å²) in [7, 11) is 0. The van der Waals surface area contributed by atoms with Gasteiger partial charge in [-0.05, 0) is 63.4 Å². The average Bonchev–Trinajstić information content (AvgIpc) is 2.51. The topological polar surface area (TPSA) is 15.7 Å².